The summed E-state index contributed by atoms with van der Waals surface area (Å²) in [5, 5.41) is 6.55. The van der Waals surface area contributed by atoms with Crippen molar-refractivity contribution < 1.29 is 28.7 Å². The third-order valence-corrected chi connectivity index (χ3v) is 5.30. The van der Waals surface area contributed by atoms with Crippen molar-refractivity contribution in [3.05, 3.63) is 30.1 Å². The van der Waals surface area contributed by atoms with E-state index in [1.54, 1.807) is 59.1 Å². The van der Waals surface area contributed by atoms with Gasteiger partial charge in [-0.05, 0) is 66.0 Å². The standard InChI is InChI=1S/C25H38ClN5O6/c1-16(21(33)31-12-8-10-18(30-31)22(34)36-15-25(5,6)26)28-20(32)19(13-17-9-7-11-27-14-17)29-23(35)37-24(2,3)4/h7,9,11,14,16,18-19,30H,8,10,12-13,15H2,1-6H3,(H,28,32)(H,29,35)/t16-,18-,19-/m0/s1. The molecule has 0 aliphatic carbocycles. The highest BCUT2D eigenvalue weighted by atomic mass is 35.5. The van der Waals surface area contributed by atoms with E-state index in [1.165, 1.54) is 11.9 Å². The Bertz CT molecular complexity index is 947. The molecule has 206 valence electrons. The third kappa shape index (κ3) is 10.9. The van der Waals surface area contributed by atoms with Crippen LogP contribution in [0, 0.1) is 0 Å². The average molecular weight is 540 g/mol. The predicted octanol–water partition coefficient (Wildman–Crippen LogP) is 2.08. The van der Waals surface area contributed by atoms with Crippen molar-refractivity contribution in [1.82, 2.24) is 26.1 Å². The van der Waals surface area contributed by atoms with Crippen LogP contribution in [0.5, 0.6) is 0 Å². The SMILES string of the molecule is C[C@H](NC(=O)[C@H](Cc1cccnc1)NC(=O)OC(C)(C)C)C(=O)N1CCC[C@@H](C(=O)OCC(C)(C)Cl)N1. The molecule has 37 heavy (non-hydrogen) atoms. The Labute approximate surface area is 223 Å². The number of amides is 3. The van der Waals surface area contributed by atoms with Gasteiger partial charge in [0.25, 0.3) is 5.91 Å². The first-order valence-corrected chi connectivity index (χ1v) is 12.6. The Morgan fingerprint density at radius 2 is 1.92 bits per heavy atom. The molecule has 0 saturated carbocycles. The van der Waals surface area contributed by atoms with Crippen LogP contribution in [0.25, 0.3) is 0 Å². The number of esters is 1. The van der Waals surface area contributed by atoms with E-state index < -0.39 is 52.5 Å². The summed E-state index contributed by atoms with van der Waals surface area (Å²) in [6.45, 7) is 10.5. The summed E-state index contributed by atoms with van der Waals surface area (Å²) in [5.74, 6) is -1.49. The van der Waals surface area contributed by atoms with Crippen molar-refractivity contribution in [1.29, 1.82) is 0 Å². The molecule has 1 aromatic heterocycles. The minimum Gasteiger partial charge on any atom is -0.463 e. The highest BCUT2D eigenvalue weighted by Gasteiger charge is 2.33. The van der Waals surface area contributed by atoms with Gasteiger partial charge < -0.3 is 20.1 Å². The van der Waals surface area contributed by atoms with E-state index in [4.69, 9.17) is 21.1 Å². The zero-order valence-electron chi connectivity index (χ0n) is 22.3. The Morgan fingerprint density at radius 1 is 1.22 bits per heavy atom. The number of hydrogen-bond donors (Lipinski definition) is 3. The van der Waals surface area contributed by atoms with Crippen LogP contribution in [0.1, 0.15) is 59.9 Å². The van der Waals surface area contributed by atoms with Crippen LogP contribution in [0.4, 0.5) is 4.79 Å². The number of nitrogens with zero attached hydrogens (tertiary/aromatic N) is 2. The molecule has 3 amide bonds. The Balaban J connectivity index is 2.02. The summed E-state index contributed by atoms with van der Waals surface area (Å²) in [6, 6.07) is 0.855. The summed E-state index contributed by atoms with van der Waals surface area (Å²) in [7, 11) is 0. The van der Waals surface area contributed by atoms with Gasteiger partial charge in [0.1, 0.15) is 30.3 Å². The van der Waals surface area contributed by atoms with Crippen LogP contribution in [0.2, 0.25) is 0 Å². The fraction of sp³-hybridized carbons (Fsp3) is 0.640. The quantitative estimate of drug-likeness (QED) is 0.320. The summed E-state index contributed by atoms with van der Waals surface area (Å²) >= 11 is 6.08. The normalized spacial score (nSPS) is 17.8. The van der Waals surface area contributed by atoms with Gasteiger partial charge in [0.15, 0.2) is 0 Å². The number of carbonyl (C=O) groups excluding carboxylic acids is 4. The van der Waals surface area contributed by atoms with Crippen LogP contribution in [0.3, 0.4) is 0 Å². The van der Waals surface area contributed by atoms with Crippen LogP contribution in [-0.4, -0.2) is 75.6 Å². The molecule has 0 aromatic carbocycles. The number of pyridine rings is 1. The van der Waals surface area contributed by atoms with E-state index in [0.717, 1.165) is 5.56 Å². The smallest absolute Gasteiger partial charge is 0.408 e. The molecule has 0 radical (unpaired) electrons. The second-order valence-electron chi connectivity index (χ2n) is 10.6. The molecule has 0 unspecified atom stereocenters. The third-order valence-electron chi connectivity index (χ3n) is 5.19. The molecule has 3 atom stereocenters. The van der Waals surface area contributed by atoms with E-state index in [0.29, 0.717) is 19.4 Å². The highest BCUT2D eigenvalue weighted by molar-refractivity contribution is 6.23. The molecule has 1 aliphatic rings. The number of hydrazine groups is 1. The minimum atomic E-state index is -1.01. The number of ether oxygens (including phenoxy) is 2. The molecular formula is C25H38ClN5O6. The first kappa shape index (κ1) is 30.3. The van der Waals surface area contributed by atoms with Crippen molar-refractivity contribution in [2.75, 3.05) is 13.2 Å². The van der Waals surface area contributed by atoms with Crippen LogP contribution in [-0.2, 0) is 30.3 Å². The number of nitrogens with one attached hydrogen (secondary N) is 3. The maximum absolute atomic E-state index is 13.1. The monoisotopic (exact) mass is 539 g/mol. The van der Waals surface area contributed by atoms with Crippen molar-refractivity contribution in [2.45, 2.75) is 89.4 Å². The lowest BCUT2D eigenvalue weighted by Crippen LogP contribution is -2.60. The summed E-state index contributed by atoms with van der Waals surface area (Å²) < 4.78 is 10.6. The summed E-state index contributed by atoms with van der Waals surface area (Å²) in [4.78, 5) is 54.3. The molecule has 2 rings (SSSR count). The van der Waals surface area contributed by atoms with Crippen molar-refractivity contribution in [2.24, 2.45) is 0 Å². The van der Waals surface area contributed by atoms with E-state index in [-0.39, 0.29) is 13.0 Å². The van der Waals surface area contributed by atoms with Gasteiger partial charge in [0.05, 0.1) is 4.87 Å². The van der Waals surface area contributed by atoms with Gasteiger partial charge in [-0.2, -0.15) is 0 Å². The van der Waals surface area contributed by atoms with Crippen LogP contribution in [0.15, 0.2) is 24.5 Å². The van der Waals surface area contributed by atoms with Gasteiger partial charge in [-0.3, -0.25) is 24.4 Å². The molecule has 0 bridgehead atoms. The fourth-order valence-electron chi connectivity index (χ4n) is 3.48. The van der Waals surface area contributed by atoms with Crippen molar-refractivity contribution >= 4 is 35.5 Å². The second kappa shape index (κ2) is 13.0. The molecule has 0 spiro atoms. The van der Waals surface area contributed by atoms with Gasteiger partial charge in [0, 0.05) is 25.4 Å². The van der Waals surface area contributed by atoms with Crippen LogP contribution < -0.4 is 16.1 Å². The van der Waals surface area contributed by atoms with Gasteiger partial charge >= 0.3 is 12.1 Å². The maximum atomic E-state index is 13.1. The highest BCUT2D eigenvalue weighted by Crippen LogP contribution is 2.15. The van der Waals surface area contributed by atoms with Crippen LogP contribution >= 0.6 is 11.6 Å². The second-order valence-corrected chi connectivity index (χ2v) is 11.7. The van der Waals surface area contributed by atoms with Gasteiger partial charge in [-0.1, -0.05) is 6.07 Å². The molecule has 12 heteroatoms. The molecule has 1 aromatic rings. The van der Waals surface area contributed by atoms with Gasteiger partial charge in [0.2, 0.25) is 5.91 Å². The summed E-state index contributed by atoms with van der Waals surface area (Å²) in [5.41, 5.74) is 2.86. The fourth-order valence-corrected chi connectivity index (χ4v) is 3.54. The van der Waals surface area contributed by atoms with Gasteiger partial charge in [-0.25, -0.2) is 10.2 Å². The van der Waals surface area contributed by atoms with E-state index >= 15 is 0 Å². The first-order valence-electron chi connectivity index (χ1n) is 12.3. The number of aromatic nitrogens is 1. The minimum absolute atomic E-state index is 0.0367. The Kier molecular flexibility index (Phi) is 10.7. The molecular weight excluding hydrogens is 502 g/mol. The number of hydrogen-bond acceptors (Lipinski definition) is 8. The number of carbonyl (C=O) groups is 4. The van der Waals surface area contributed by atoms with E-state index in [9.17, 15) is 19.2 Å². The summed E-state index contributed by atoms with van der Waals surface area (Å²) in [6.07, 6.45) is 3.66. The topological polar surface area (TPSA) is 139 Å². The molecule has 2 heterocycles. The maximum Gasteiger partial charge on any atom is 0.408 e. The number of halogens is 1. The first-order chi connectivity index (χ1) is 17.1. The molecule has 3 N–H and O–H groups in total. The zero-order chi connectivity index (χ0) is 27.8. The number of alkyl halides is 1. The number of alkyl carbamates (subject to hydrolysis) is 1. The lowest BCUT2D eigenvalue weighted by atomic mass is 10.1. The van der Waals surface area contributed by atoms with Crippen molar-refractivity contribution in [3.63, 3.8) is 0 Å². The zero-order valence-corrected chi connectivity index (χ0v) is 23.1. The Hall–Kier alpha value is -2.92. The lowest BCUT2D eigenvalue weighted by molar-refractivity contribution is -0.153. The molecule has 1 fully saturated rings. The van der Waals surface area contributed by atoms with Gasteiger partial charge in [-0.15, -0.1) is 11.6 Å². The molecule has 11 nitrogen and oxygen atoms in total. The predicted molar refractivity (Wildman–Crippen MR) is 137 cm³/mol. The molecule has 1 aliphatic heterocycles. The largest absolute Gasteiger partial charge is 0.463 e. The Morgan fingerprint density at radius 3 is 2.51 bits per heavy atom. The molecule has 1 saturated heterocycles. The average Bonchev–Trinajstić information content (AvgIpc) is 2.80. The number of rotatable bonds is 9. The lowest BCUT2D eigenvalue weighted by Gasteiger charge is -2.34. The van der Waals surface area contributed by atoms with E-state index in [1.807, 2.05) is 0 Å². The van der Waals surface area contributed by atoms with Crippen molar-refractivity contribution in [3.8, 4) is 0 Å². The van der Waals surface area contributed by atoms with E-state index in [2.05, 4.69) is 21.0 Å².